The van der Waals surface area contributed by atoms with Crippen LogP contribution in [0.2, 0.25) is 0 Å². The number of rotatable bonds is 6. The van der Waals surface area contributed by atoms with E-state index >= 15 is 0 Å². The van der Waals surface area contributed by atoms with E-state index in [-0.39, 0.29) is 0 Å². The molecule has 0 radical (unpaired) electrons. The Kier molecular flexibility index (Phi) is 5.27. The Labute approximate surface area is 118 Å². The Morgan fingerprint density at radius 2 is 2.11 bits per heavy atom. The number of Topliss-reactive ketones (excluding diaryl/α,β-unsaturated/α-hetero) is 1. The summed E-state index contributed by atoms with van der Waals surface area (Å²) in [6.07, 6.45) is 3.26. The molecule has 100 valence electrons. The normalized spacial score (nSPS) is 16.6. The molecule has 0 aromatic carbocycles. The Morgan fingerprint density at radius 1 is 1.39 bits per heavy atom. The van der Waals surface area contributed by atoms with Gasteiger partial charge in [-0.05, 0) is 38.1 Å². The molecule has 2 nitrogen and oxygen atoms in total. The zero-order valence-electron chi connectivity index (χ0n) is 11.1. The third-order valence-electron chi connectivity index (χ3n) is 3.06. The van der Waals surface area contributed by atoms with Crippen molar-refractivity contribution in [2.75, 3.05) is 19.6 Å². The minimum atomic E-state index is 0.308. The van der Waals surface area contributed by atoms with E-state index in [4.69, 9.17) is 0 Å². The van der Waals surface area contributed by atoms with Gasteiger partial charge in [-0.3, -0.25) is 4.79 Å². The summed E-state index contributed by atoms with van der Waals surface area (Å²) in [5, 5.41) is 0.580. The number of ketones is 1. The van der Waals surface area contributed by atoms with Crippen molar-refractivity contribution >= 4 is 28.9 Å². The lowest BCUT2D eigenvalue weighted by atomic mass is 10.2. The molecule has 1 aromatic heterocycles. The van der Waals surface area contributed by atoms with Crippen molar-refractivity contribution in [2.24, 2.45) is 0 Å². The first-order valence-electron chi connectivity index (χ1n) is 6.67. The standard InChI is InChI=1S/C14H21NOS2/c1-11(2)17-14-6-5-13(18-14)12(16)7-10-15-8-3-4-9-15/h5-6,11H,3-4,7-10H2,1-2H3. The third kappa shape index (κ3) is 4.11. The molecule has 2 rings (SSSR count). The second-order valence-corrected chi connectivity index (χ2v) is 7.97. The second kappa shape index (κ2) is 6.73. The van der Waals surface area contributed by atoms with Crippen molar-refractivity contribution < 1.29 is 4.79 Å². The van der Waals surface area contributed by atoms with Gasteiger partial charge in [-0.2, -0.15) is 0 Å². The van der Waals surface area contributed by atoms with Gasteiger partial charge < -0.3 is 4.90 Å². The van der Waals surface area contributed by atoms with E-state index < -0.39 is 0 Å². The fraction of sp³-hybridized carbons (Fsp3) is 0.643. The largest absolute Gasteiger partial charge is 0.303 e. The summed E-state index contributed by atoms with van der Waals surface area (Å²) in [7, 11) is 0. The first kappa shape index (κ1) is 14.1. The second-order valence-electron chi connectivity index (χ2n) is 5.01. The lowest BCUT2D eigenvalue weighted by Crippen LogP contribution is -2.22. The highest BCUT2D eigenvalue weighted by Gasteiger charge is 2.15. The van der Waals surface area contributed by atoms with E-state index in [1.54, 1.807) is 11.3 Å². The highest BCUT2D eigenvalue weighted by atomic mass is 32.2. The summed E-state index contributed by atoms with van der Waals surface area (Å²) < 4.78 is 1.26. The zero-order chi connectivity index (χ0) is 13.0. The minimum absolute atomic E-state index is 0.308. The fourth-order valence-electron chi connectivity index (χ4n) is 2.15. The monoisotopic (exact) mass is 283 g/mol. The van der Waals surface area contributed by atoms with Crippen LogP contribution in [0.1, 0.15) is 42.8 Å². The number of hydrogen-bond donors (Lipinski definition) is 0. The van der Waals surface area contributed by atoms with Gasteiger partial charge in [0.2, 0.25) is 0 Å². The molecule has 1 fully saturated rings. The van der Waals surface area contributed by atoms with Crippen LogP contribution in [0.3, 0.4) is 0 Å². The molecule has 0 atom stereocenters. The van der Waals surface area contributed by atoms with Crippen molar-refractivity contribution in [1.82, 2.24) is 4.90 Å². The summed E-state index contributed by atoms with van der Waals surface area (Å²) in [5.41, 5.74) is 0. The quantitative estimate of drug-likeness (QED) is 0.583. The van der Waals surface area contributed by atoms with Crippen molar-refractivity contribution in [3.8, 4) is 0 Å². The van der Waals surface area contributed by atoms with Crippen LogP contribution in [0, 0.1) is 0 Å². The van der Waals surface area contributed by atoms with Crippen LogP contribution < -0.4 is 0 Å². The highest BCUT2D eigenvalue weighted by molar-refractivity contribution is 8.01. The maximum Gasteiger partial charge on any atom is 0.174 e. The van der Waals surface area contributed by atoms with Crippen LogP contribution in [-0.2, 0) is 0 Å². The Bertz CT molecular complexity index is 394. The van der Waals surface area contributed by atoms with Crippen LogP contribution in [0.15, 0.2) is 16.3 Å². The average Bonchev–Trinajstić information content (AvgIpc) is 2.95. The van der Waals surface area contributed by atoms with Crippen molar-refractivity contribution in [3.05, 3.63) is 17.0 Å². The van der Waals surface area contributed by atoms with Crippen LogP contribution >= 0.6 is 23.1 Å². The Balaban J connectivity index is 1.82. The number of hydrogen-bond acceptors (Lipinski definition) is 4. The van der Waals surface area contributed by atoms with Crippen LogP contribution in [0.25, 0.3) is 0 Å². The lowest BCUT2D eigenvalue weighted by Gasteiger charge is -2.12. The number of carbonyl (C=O) groups is 1. The summed E-state index contributed by atoms with van der Waals surface area (Å²) in [4.78, 5) is 15.4. The van der Waals surface area contributed by atoms with E-state index in [0.717, 1.165) is 11.4 Å². The number of thioether (sulfide) groups is 1. The molecule has 4 heteroatoms. The molecule has 1 aliphatic rings. The van der Waals surface area contributed by atoms with Crippen LogP contribution in [0.4, 0.5) is 0 Å². The summed E-state index contributed by atoms with van der Waals surface area (Å²) in [5.74, 6) is 0.308. The van der Waals surface area contributed by atoms with E-state index in [9.17, 15) is 4.79 Å². The van der Waals surface area contributed by atoms with Gasteiger partial charge >= 0.3 is 0 Å². The summed E-state index contributed by atoms with van der Waals surface area (Å²) in [6.45, 7) is 7.64. The van der Waals surface area contributed by atoms with E-state index in [2.05, 4.69) is 24.8 Å². The number of carbonyl (C=O) groups excluding carboxylic acids is 1. The van der Waals surface area contributed by atoms with Gasteiger partial charge in [-0.15, -0.1) is 23.1 Å². The van der Waals surface area contributed by atoms with Crippen LogP contribution in [-0.4, -0.2) is 35.6 Å². The minimum Gasteiger partial charge on any atom is -0.303 e. The Hall–Kier alpha value is -0.320. The average molecular weight is 283 g/mol. The van der Waals surface area contributed by atoms with E-state index in [0.29, 0.717) is 17.5 Å². The van der Waals surface area contributed by atoms with Gasteiger partial charge in [0.15, 0.2) is 5.78 Å². The topological polar surface area (TPSA) is 20.3 Å². The summed E-state index contributed by atoms with van der Waals surface area (Å²) in [6, 6.07) is 4.07. The predicted molar refractivity (Wildman–Crippen MR) is 79.9 cm³/mol. The van der Waals surface area contributed by atoms with Gasteiger partial charge in [0.25, 0.3) is 0 Å². The molecule has 1 aromatic rings. The van der Waals surface area contributed by atoms with Gasteiger partial charge in [0, 0.05) is 18.2 Å². The third-order valence-corrected chi connectivity index (χ3v) is 5.36. The first-order chi connectivity index (χ1) is 8.65. The maximum atomic E-state index is 12.1. The fourth-order valence-corrected chi connectivity index (χ4v) is 4.51. The molecule has 0 unspecified atom stereocenters. The van der Waals surface area contributed by atoms with E-state index in [1.165, 1.54) is 30.1 Å². The molecule has 1 aliphatic heterocycles. The van der Waals surface area contributed by atoms with Crippen molar-refractivity contribution in [2.45, 2.75) is 42.6 Å². The Morgan fingerprint density at radius 3 is 2.78 bits per heavy atom. The van der Waals surface area contributed by atoms with Gasteiger partial charge in [0.1, 0.15) is 0 Å². The molecule has 18 heavy (non-hydrogen) atoms. The lowest BCUT2D eigenvalue weighted by molar-refractivity contribution is 0.0973. The van der Waals surface area contributed by atoms with Gasteiger partial charge in [-0.1, -0.05) is 13.8 Å². The van der Waals surface area contributed by atoms with Crippen molar-refractivity contribution in [3.63, 3.8) is 0 Å². The smallest absolute Gasteiger partial charge is 0.174 e. The van der Waals surface area contributed by atoms with E-state index in [1.807, 2.05) is 17.8 Å². The number of likely N-dealkylation sites (tertiary alicyclic amines) is 1. The molecule has 0 N–H and O–H groups in total. The first-order valence-corrected chi connectivity index (χ1v) is 8.37. The SMILES string of the molecule is CC(C)Sc1ccc(C(=O)CCN2CCCC2)s1. The molecule has 1 saturated heterocycles. The molecule has 0 amide bonds. The van der Waals surface area contributed by atoms with Gasteiger partial charge in [-0.25, -0.2) is 0 Å². The number of thiophene rings is 1. The van der Waals surface area contributed by atoms with Crippen molar-refractivity contribution in [1.29, 1.82) is 0 Å². The molecule has 2 heterocycles. The zero-order valence-corrected chi connectivity index (χ0v) is 12.8. The number of nitrogens with zero attached hydrogens (tertiary/aromatic N) is 1. The molecular weight excluding hydrogens is 262 g/mol. The molecule has 0 bridgehead atoms. The molecular formula is C14H21NOS2. The molecule has 0 spiro atoms. The predicted octanol–water partition coefficient (Wildman–Crippen LogP) is 3.92. The molecule has 0 aliphatic carbocycles. The van der Waals surface area contributed by atoms with Crippen LogP contribution in [0.5, 0.6) is 0 Å². The summed E-state index contributed by atoms with van der Waals surface area (Å²) >= 11 is 3.48. The maximum absolute atomic E-state index is 12.1. The highest BCUT2D eigenvalue weighted by Crippen LogP contribution is 2.30. The molecule has 0 saturated carbocycles. The van der Waals surface area contributed by atoms with Gasteiger partial charge in [0.05, 0.1) is 9.09 Å².